The van der Waals surface area contributed by atoms with Crippen LogP contribution < -0.4 is 9.25 Å². The summed E-state index contributed by atoms with van der Waals surface area (Å²) in [6.45, 7) is 0. The number of aromatic nitrogens is 2. The Morgan fingerprint density at radius 1 is 1.05 bits per heavy atom. The summed E-state index contributed by atoms with van der Waals surface area (Å²) in [6, 6.07) is 16.0. The summed E-state index contributed by atoms with van der Waals surface area (Å²) in [5.74, 6) is 0.298. The SMILES string of the molecule is O=[N+]([O-])c1cccc(-c2nnc([Se]c3ccccc3)o2)c1. The van der Waals surface area contributed by atoms with E-state index in [0.717, 1.165) is 4.46 Å². The van der Waals surface area contributed by atoms with Crippen molar-refractivity contribution in [1.82, 2.24) is 10.2 Å². The first kappa shape index (κ1) is 13.5. The Hall–Kier alpha value is -2.50. The third-order valence-electron chi connectivity index (χ3n) is 2.66. The fourth-order valence-electron chi connectivity index (χ4n) is 1.71. The average molecular weight is 346 g/mol. The van der Waals surface area contributed by atoms with Crippen molar-refractivity contribution in [2.24, 2.45) is 0 Å². The summed E-state index contributed by atoms with van der Waals surface area (Å²) in [7, 11) is 0. The van der Waals surface area contributed by atoms with Crippen LogP contribution in [0.1, 0.15) is 0 Å². The van der Waals surface area contributed by atoms with Crippen molar-refractivity contribution in [3.05, 3.63) is 64.7 Å². The van der Waals surface area contributed by atoms with Gasteiger partial charge in [-0.1, -0.05) is 0 Å². The molecule has 0 N–H and O–H groups in total. The number of nitrogens with zero attached hydrogens (tertiary/aromatic N) is 3. The minimum atomic E-state index is -0.450. The van der Waals surface area contributed by atoms with Gasteiger partial charge in [-0.25, -0.2) is 0 Å². The third-order valence-corrected chi connectivity index (χ3v) is 4.44. The molecular weight excluding hydrogens is 337 g/mol. The van der Waals surface area contributed by atoms with Crippen LogP contribution in [-0.4, -0.2) is 30.1 Å². The van der Waals surface area contributed by atoms with Crippen LogP contribution in [0.15, 0.2) is 59.0 Å². The molecule has 0 spiro atoms. The molecule has 0 aliphatic carbocycles. The van der Waals surface area contributed by atoms with Crippen molar-refractivity contribution in [3.8, 4) is 11.5 Å². The molecule has 1 aromatic heterocycles. The Labute approximate surface area is 126 Å². The molecule has 0 saturated carbocycles. The standard InChI is InChI=1S/C14H9N3O3Se/c18-17(19)11-6-4-5-10(9-11)13-15-16-14(20-13)21-12-7-2-1-3-8-12/h1-9H. The maximum absolute atomic E-state index is 10.8. The Kier molecular flexibility index (Phi) is 3.77. The molecule has 0 unspecified atom stereocenters. The molecule has 0 aliphatic rings. The topological polar surface area (TPSA) is 82.1 Å². The van der Waals surface area contributed by atoms with Crippen LogP contribution in [0.5, 0.6) is 0 Å². The third kappa shape index (κ3) is 3.16. The predicted octanol–water partition coefficient (Wildman–Crippen LogP) is 1.30. The van der Waals surface area contributed by atoms with E-state index in [1.54, 1.807) is 12.1 Å². The van der Waals surface area contributed by atoms with Crippen LogP contribution in [-0.2, 0) is 0 Å². The van der Waals surface area contributed by atoms with Gasteiger partial charge in [0.05, 0.1) is 0 Å². The van der Waals surface area contributed by atoms with Crippen LogP contribution >= 0.6 is 0 Å². The number of non-ortho nitro benzene ring substituents is 1. The zero-order valence-corrected chi connectivity index (χ0v) is 12.4. The zero-order chi connectivity index (χ0) is 14.7. The molecular formula is C14H9N3O3Se. The molecule has 104 valence electrons. The average Bonchev–Trinajstić information content (AvgIpc) is 2.97. The zero-order valence-electron chi connectivity index (χ0n) is 10.7. The van der Waals surface area contributed by atoms with Crippen LogP contribution in [0.2, 0.25) is 0 Å². The molecule has 7 heteroatoms. The maximum atomic E-state index is 10.8. The van der Waals surface area contributed by atoms with Gasteiger partial charge in [0.25, 0.3) is 0 Å². The second-order valence-corrected chi connectivity index (χ2v) is 6.25. The first-order valence-electron chi connectivity index (χ1n) is 6.03. The molecule has 3 aromatic rings. The van der Waals surface area contributed by atoms with Crippen LogP contribution in [0.25, 0.3) is 11.5 Å². The predicted molar refractivity (Wildman–Crippen MR) is 77.9 cm³/mol. The Balaban J connectivity index is 1.85. The number of hydrogen-bond acceptors (Lipinski definition) is 5. The second kappa shape index (κ2) is 5.87. The van der Waals surface area contributed by atoms with Gasteiger partial charge in [0.15, 0.2) is 0 Å². The molecule has 3 rings (SSSR count). The summed E-state index contributed by atoms with van der Waals surface area (Å²) in [5.41, 5.74) is 0.549. The second-order valence-electron chi connectivity index (χ2n) is 4.10. The molecule has 6 nitrogen and oxygen atoms in total. The van der Waals surface area contributed by atoms with E-state index in [4.69, 9.17) is 4.42 Å². The van der Waals surface area contributed by atoms with E-state index in [-0.39, 0.29) is 20.6 Å². The van der Waals surface area contributed by atoms with Gasteiger partial charge >= 0.3 is 126 Å². The first-order valence-corrected chi connectivity index (χ1v) is 7.75. The van der Waals surface area contributed by atoms with Gasteiger partial charge in [-0.05, 0) is 0 Å². The van der Waals surface area contributed by atoms with Crippen molar-refractivity contribution in [3.63, 3.8) is 0 Å². The Morgan fingerprint density at radius 2 is 1.86 bits per heavy atom. The van der Waals surface area contributed by atoms with Crippen LogP contribution in [0, 0.1) is 10.1 Å². The van der Waals surface area contributed by atoms with E-state index in [1.165, 1.54) is 12.1 Å². The van der Waals surface area contributed by atoms with Gasteiger partial charge in [-0.3, -0.25) is 0 Å². The molecule has 2 aromatic carbocycles. The molecule has 0 atom stereocenters. The van der Waals surface area contributed by atoms with Gasteiger partial charge in [0.1, 0.15) is 0 Å². The van der Waals surface area contributed by atoms with Crippen LogP contribution in [0.3, 0.4) is 0 Å². The van der Waals surface area contributed by atoms with E-state index in [2.05, 4.69) is 10.2 Å². The molecule has 0 bridgehead atoms. The van der Waals surface area contributed by atoms with E-state index in [0.29, 0.717) is 16.2 Å². The summed E-state index contributed by atoms with van der Waals surface area (Å²) < 4.78 is 6.72. The van der Waals surface area contributed by atoms with Crippen molar-refractivity contribution in [2.45, 2.75) is 0 Å². The van der Waals surface area contributed by atoms with Crippen molar-refractivity contribution in [1.29, 1.82) is 0 Å². The monoisotopic (exact) mass is 347 g/mol. The van der Waals surface area contributed by atoms with Gasteiger partial charge in [-0.15, -0.1) is 0 Å². The van der Waals surface area contributed by atoms with Gasteiger partial charge in [0.2, 0.25) is 0 Å². The quantitative estimate of drug-likeness (QED) is 0.404. The molecule has 0 aliphatic heterocycles. The molecule has 0 fully saturated rings. The van der Waals surface area contributed by atoms with Gasteiger partial charge in [0, 0.05) is 0 Å². The number of nitro groups is 1. The molecule has 21 heavy (non-hydrogen) atoms. The molecule has 0 radical (unpaired) electrons. The van der Waals surface area contributed by atoms with Crippen molar-refractivity contribution in [2.75, 3.05) is 0 Å². The fraction of sp³-hybridized carbons (Fsp3) is 0. The van der Waals surface area contributed by atoms with E-state index in [9.17, 15) is 10.1 Å². The first-order chi connectivity index (χ1) is 10.2. The Morgan fingerprint density at radius 3 is 2.62 bits per heavy atom. The van der Waals surface area contributed by atoms with Gasteiger partial charge < -0.3 is 0 Å². The number of rotatable bonds is 4. The van der Waals surface area contributed by atoms with E-state index < -0.39 is 4.92 Å². The minimum absolute atomic E-state index is 0.000759. The van der Waals surface area contributed by atoms with Crippen molar-refractivity contribution >= 4 is 29.9 Å². The summed E-state index contributed by atoms with van der Waals surface area (Å²) in [4.78, 5) is 10.9. The number of hydrogen-bond donors (Lipinski definition) is 0. The summed E-state index contributed by atoms with van der Waals surface area (Å²) >= 11 is -0.0762. The number of nitro benzene ring substituents is 1. The Bertz CT molecular complexity index is 774. The van der Waals surface area contributed by atoms with E-state index in [1.807, 2.05) is 30.3 Å². The van der Waals surface area contributed by atoms with Crippen LogP contribution in [0.4, 0.5) is 5.69 Å². The normalized spacial score (nSPS) is 10.5. The van der Waals surface area contributed by atoms with Crippen molar-refractivity contribution < 1.29 is 9.34 Å². The molecule has 1 heterocycles. The van der Waals surface area contributed by atoms with E-state index >= 15 is 0 Å². The molecule has 0 amide bonds. The molecule has 0 saturated heterocycles. The fourth-order valence-corrected chi connectivity index (χ4v) is 3.17. The van der Waals surface area contributed by atoms with Gasteiger partial charge in [-0.2, -0.15) is 0 Å². The summed E-state index contributed by atoms with van der Waals surface area (Å²) in [5, 5.41) is 18.7. The summed E-state index contributed by atoms with van der Waals surface area (Å²) in [6.07, 6.45) is 0. The number of benzene rings is 2.